The van der Waals surface area contributed by atoms with Crippen LogP contribution in [-0.2, 0) is 4.79 Å². The van der Waals surface area contributed by atoms with Crippen LogP contribution in [0.15, 0.2) is 29.5 Å². The Morgan fingerprint density at radius 2 is 2.00 bits per heavy atom. The van der Waals surface area contributed by atoms with E-state index in [1.165, 1.54) is 5.56 Å². The topological polar surface area (TPSA) is 52.7 Å². The SMILES string of the molecule is CCCN1CC2=C(C1=O)C(c1ccc(C)cc1C)NC(=O)N2C. The summed E-state index contributed by atoms with van der Waals surface area (Å²) in [6, 6.07) is 5.62. The third-order valence-corrected chi connectivity index (χ3v) is 4.66. The summed E-state index contributed by atoms with van der Waals surface area (Å²) in [5.41, 5.74) is 4.81. The first kappa shape index (κ1) is 15.6. The van der Waals surface area contributed by atoms with Gasteiger partial charge >= 0.3 is 6.03 Å². The number of hydrogen-bond acceptors (Lipinski definition) is 2. The number of likely N-dealkylation sites (N-methyl/N-ethyl adjacent to an activating group) is 1. The average Bonchev–Trinajstić information content (AvgIpc) is 2.82. The van der Waals surface area contributed by atoms with Crippen molar-refractivity contribution in [3.8, 4) is 0 Å². The molecule has 0 aliphatic carbocycles. The van der Waals surface area contributed by atoms with Gasteiger partial charge < -0.3 is 10.2 Å². The Kier molecular flexibility index (Phi) is 3.88. The maximum Gasteiger partial charge on any atom is 0.322 e. The maximum absolute atomic E-state index is 12.8. The molecule has 1 unspecified atom stereocenters. The maximum atomic E-state index is 12.8. The molecule has 5 heteroatoms. The van der Waals surface area contributed by atoms with Crippen LogP contribution in [0.2, 0.25) is 0 Å². The molecule has 3 amide bonds. The van der Waals surface area contributed by atoms with Gasteiger partial charge in [-0.25, -0.2) is 4.79 Å². The molecule has 2 aliphatic rings. The van der Waals surface area contributed by atoms with Crippen molar-refractivity contribution in [1.29, 1.82) is 0 Å². The molecule has 5 nitrogen and oxygen atoms in total. The van der Waals surface area contributed by atoms with Crippen molar-refractivity contribution in [3.05, 3.63) is 46.2 Å². The van der Waals surface area contributed by atoms with Crippen LogP contribution in [0.5, 0.6) is 0 Å². The molecule has 1 aromatic rings. The number of carbonyl (C=O) groups is 2. The van der Waals surface area contributed by atoms with E-state index in [0.717, 1.165) is 23.2 Å². The molecule has 3 rings (SSSR count). The number of nitrogens with one attached hydrogen (secondary N) is 1. The highest BCUT2D eigenvalue weighted by molar-refractivity contribution is 6.01. The molecule has 2 aliphatic heterocycles. The van der Waals surface area contributed by atoms with E-state index in [1.807, 2.05) is 30.9 Å². The third kappa shape index (κ3) is 2.50. The largest absolute Gasteiger partial charge is 0.333 e. The van der Waals surface area contributed by atoms with Crippen LogP contribution in [0.3, 0.4) is 0 Å². The summed E-state index contributed by atoms with van der Waals surface area (Å²) < 4.78 is 0. The average molecular weight is 313 g/mol. The Bertz CT molecular complexity index is 708. The number of carbonyl (C=O) groups excluding carboxylic acids is 2. The van der Waals surface area contributed by atoms with Crippen molar-refractivity contribution in [2.45, 2.75) is 33.2 Å². The molecule has 0 radical (unpaired) electrons. The van der Waals surface area contributed by atoms with E-state index < -0.39 is 0 Å². The van der Waals surface area contributed by atoms with Crippen LogP contribution in [0.4, 0.5) is 4.79 Å². The van der Waals surface area contributed by atoms with Crippen molar-refractivity contribution in [2.75, 3.05) is 20.1 Å². The van der Waals surface area contributed by atoms with E-state index in [-0.39, 0.29) is 18.0 Å². The Balaban J connectivity index is 2.06. The smallest absolute Gasteiger partial charge is 0.322 e. The number of aryl methyl sites for hydroxylation is 2. The minimum Gasteiger partial charge on any atom is -0.333 e. The van der Waals surface area contributed by atoms with E-state index in [9.17, 15) is 9.59 Å². The van der Waals surface area contributed by atoms with Gasteiger partial charge in [0.25, 0.3) is 5.91 Å². The van der Waals surface area contributed by atoms with Crippen LogP contribution in [0, 0.1) is 13.8 Å². The Hall–Kier alpha value is -2.30. The molecule has 0 bridgehead atoms. The van der Waals surface area contributed by atoms with Gasteiger partial charge in [-0.3, -0.25) is 9.69 Å². The highest BCUT2D eigenvalue weighted by Gasteiger charge is 2.42. The van der Waals surface area contributed by atoms with Crippen molar-refractivity contribution < 1.29 is 9.59 Å². The number of hydrogen-bond donors (Lipinski definition) is 1. The van der Waals surface area contributed by atoms with Gasteiger partial charge in [0.05, 0.1) is 23.9 Å². The van der Waals surface area contributed by atoms with Crippen molar-refractivity contribution in [1.82, 2.24) is 15.1 Å². The van der Waals surface area contributed by atoms with Crippen LogP contribution in [0.1, 0.15) is 36.1 Å². The first-order valence-corrected chi connectivity index (χ1v) is 8.07. The molecule has 0 saturated heterocycles. The van der Waals surface area contributed by atoms with E-state index in [2.05, 4.69) is 18.3 Å². The van der Waals surface area contributed by atoms with Crippen LogP contribution >= 0.6 is 0 Å². The molecule has 122 valence electrons. The quantitative estimate of drug-likeness (QED) is 0.932. The lowest BCUT2D eigenvalue weighted by Crippen LogP contribution is -2.45. The number of rotatable bonds is 3. The molecule has 1 atom stereocenters. The standard InChI is InChI=1S/C18H23N3O2/c1-5-8-21-10-14-15(17(21)22)16(19-18(23)20(14)4)13-7-6-11(2)9-12(13)3/h6-7,9,16H,5,8,10H2,1-4H3,(H,19,23). The second kappa shape index (κ2) is 5.72. The summed E-state index contributed by atoms with van der Waals surface area (Å²) in [5.74, 6) is 0.0404. The lowest BCUT2D eigenvalue weighted by atomic mass is 9.91. The molecular weight excluding hydrogens is 290 g/mol. The molecule has 0 spiro atoms. The fraction of sp³-hybridized carbons (Fsp3) is 0.444. The number of nitrogens with zero attached hydrogens (tertiary/aromatic N) is 2. The van der Waals surface area contributed by atoms with Crippen molar-refractivity contribution in [3.63, 3.8) is 0 Å². The normalized spacial score (nSPS) is 21.0. The molecule has 23 heavy (non-hydrogen) atoms. The summed E-state index contributed by atoms with van der Waals surface area (Å²) in [6.45, 7) is 7.36. The van der Waals surface area contributed by atoms with Gasteiger partial charge in [-0.15, -0.1) is 0 Å². The summed E-state index contributed by atoms with van der Waals surface area (Å²) in [6.07, 6.45) is 0.908. The minimum atomic E-state index is -0.358. The van der Waals surface area contributed by atoms with Crippen LogP contribution < -0.4 is 5.32 Å². The van der Waals surface area contributed by atoms with E-state index in [4.69, 9.17) is 0 Å². The first-order valence-electron chi connectivity index (χ1n) is 8.07. The van der Waals surface area contributed by atoms with Gasteiger partial charge in [-0.1, -0.05) is 30.7 Å². The van der Waals surface area contributed by atoms with Gasteiger partial charge in [0.15, 0.2) is 0 Å². The highest BCUT2D eigenvalue weighted by Crippen LogP contribution is 2.36. The van der Waals surface area contributed by atoms with E-state index in [0.29, 0.717) is 18.7 Å². The van der Waals surface area contributed by atoms with Crippen molar-refractivity contribution in [2.24, 2.45) is 0 Å². The molecule has 1 N–H and O–H groups in total. The van der Waals surface area contributed by atoms with Gasteiger partial charge in [-0.05, 0) is 31.4 Å². The lowest BCUT2D eigenvalue weighted by Gasteiger charge is -2.31. The van der Waals surface area contributed by atoms with Gasteiger partial charge in [0.1, 0.15) is 0 Å². The molecule has 0 saturated carbocycles. The summed E-state index contributed by atoms with van der Waals surface area (Å²) in [5, 5.41) is 2.99. The number of urea groups is 1. The zero-order chi connectivity index (χ0) is 16.7. The van der Waals surface area contributed by atoms with E-state index in [1.54, 1.807) is 11.9 Å². The predicted molar refractivity (Wildman–Crippen MR) is 88.8 cm³/mol. The summed E-state index contributed by atoms with van der Waals surface area (Å²) in [7, 11) is 1.73. The van der Waals surface area contributed by atoms with Gasteiger partial charge in [-0.2, -0.15) is 0 Å². The molecular formula is C18H23N3O2. The second-order valence-corrected chi connectivity index (χ2v) is 6.39. The first-order chi connectivity index (χ1) is 10.9. The Morgan fingerprint density at radius 1 is 1.26 bits per heavy atom. The lowest BCUT2D eigenvalue weighted by molar-refractivity contribution is -0.125. The highest BCUT2D eigenvalue weighted by atomic mass is 16.2. The van der Waals surface area contributed by atoms with Crippen LogP contribution in [-0.4, -0.2) is 41.9 Å². The number of amides is 3. The molecule has 0 fully saturated rings. The fourth-order valence-electron chi connectivity index (χ4n) is 3.46. The molecule has 1 aromatic carbocycles. The van der Waals surface area contributed by atoms with Crippen molar-refractivity contribution >= 4 is 11.9 Å². The number of benzene rings is 1. The van der Waals surface area contributed by atoms with E-state index >= 15 is 0 Å². The zero-order valence-corrected chi connectivity index (χ0v) is 14.1. The Morgan fingerprint density at radius 3 is 2.65 bits per heavy atom. The monoisotopic (exact) mass is 313 g/mol. The summed E-state index contributed by atoms with van der Waals surface area (Å²) in [4.78, 5) is 28.6. The molecule has 0 aromatic heterocycles. The fourth-order valence-corrected chi connectivity index (χ4v) is 3.46. The zero-order valence-electron chi connectivity index (χ0n) is 14.1. The third-order valence-electron chi connectivity index (χ3n) is 4.66. The molecule has 2 heterocycles. The minimum absolute atomic E-state index is 0.0404. The second-order valence-electron chi connectivity index (χ2n) is 6.39. The van der Waals surface area contributed by atoms with Gasteiger partial charge in [0, 0.05) is 13.6 Å². The Labute approximate surface area is 137 Å². The van der Waals surface area contributed by atoms with Gasteiger partial charge in [0.2, 0.25) is 0 Å². The van der Waals surface area contributed by atoms with Crippen LogP contribution in [0.25, 0.3) is 0 Å². The summed E-state index contributed by atoms with van der Waals surface area (Å²) >= 11 is 0. The predicted octanol–water partition coefficient (Wildman–Crippen LogP) is 2.51.